The van der Waals surface area contributed by atoms with Crippen LogP contribution in [0.15, 0.2) is 60.8 Å². The second kappa shape index (κ2) is 59.7. The molecule has 1 atom stereocenters. The van der Waals surface area contributed by atoms with Gasteiger partial charge in [0.15, 0.2) is 6.10 Å². The van der Waals surface area contributed by atoms with Gasteiger partial charge in [0, 0.05) is 19.3 Å². The Balaban J connectivity index is 4.36. The molecule has 6 heteroatoms. The van der Waals surface area contributed by atoms with Gasteiger partial charge in [-0.25, -0.2) is 0 Å². The van der Waals surface area contributed by atoms with E-state index in [-0.39, 0.29) is 31.1 Å². The van der Waals surface area contributed by atoms with Crippen molar-refractivity contribution < 1.29 is 28.6 Å². The minimum atomic E-state index is -0.784. The van der Waals surface area contributed by atoms with Crippen LogP contribution in [-0.4, -0.2) is 37.2 Å². The van der Waals surface area contributed by atoms with Crippen LogP contribution in [0, 0.1) is 0 Å². The topological polar surface area (TPSA) is 78.9 Å². The summed E-state index contributed by atoms with van der Waals surface area (Å²) in [4.78, 5) is 38.2. The predicted molar refractivity (Wildman–Crippen MR) is 307 cm³/mol. The summed E-state index contributed by atoms with van der Waals surface area (Å²) in [6, 6.07) is 0. The second-order valence-electron chi connectivity index (χ2n) is 20.6. The minimum absolute atomic E-state index is 0.0815. The molecule has 0 radical (unpaired) electrons. The number of ether oxygens (including phenoxy) is 3. The summed E-state index contributed by atoms with van der Waals surface area (Å²) < 4.78 is 16.9. The van der Waals surface area contributed by atoms with Gasteiger partial charge in [0.2, 0.25) is 0 Å². The zero-order chi connectivity index (χ0) is 51.4. The zero-order valence-electron chi connectivity index (χ0n) is 47.2. The number of hydrogen-bond donors (Lipinski definition) is 0. The van der Waals surface area contributed by atoms with E-state index in [0.717, 1.165) is 83.5 Å². The molecule has 0 saturated carbocycles. The molecular formula is C65H116O6. The lowest BCUT2D eigenvalue weighted by Gasteiger charge is -2.18. The van der Waals surface area contributed by atoms with Gasteiger partial charge < -0.3 is 14.2 Å². The highest BCUT2D eigenvalue weighted by Gasteiger charge is 2.19. The Bertz CT molecular complexity index is 1280. The van der Waals surface area contributed by atoms with E-state index in [4.69, 9.17) is 14.2 Å². The van der Waals surface area contributed by atoms with Crippen LogP contribution < -0.4 is 0 Å². The van der Waals surface area contributed by atoms with E-state index in [9.17, 15) is 14.4 Å². The van der Waals surface area contributed by atoms with E-state index in [1.54, 1.807) is 0 Å². The van der Waals surface area contributed by atoms with Gasteiger partial charge in [-0.05, 0) is 103 Å². The van der Waals surface area contributed by atoms with Crippen LogP contribution in [0.4, 0.5) is 0 Å². The molecule has 412 valence electrons. The number of rotatable bonds is 56. The van der Waals surface area contributed by atoms with Crippen LogP contribution >= 0.6 is 0 Å². The third-order valence-electron chi connectivity index (χ3n) is 13.5. The molecule has 0 fully saturated rings. The average Bonchev–Trinajstić information content (AvgIpc) is 3.37. The average molecular weight is 994 g/mol. The smallest absolute Gasteiger partial charge is 0.306 e. The highest BCUT2D eigenvalue weighted by Crippen LogP contribution is 2.16. The van der Waals surface area contributed by atoms with Crippen LogP contribution in [-0.2, 0) is 28.6 Å². The van der Waals surface area contributed by atoms with Gasteiger partial charge in [-0.3, -0.25) is 14.4 Å². The minimum Gasteiger partial charge on any atom is -0.462 e. The number of allylic oxidation sites excluding steroid dienone is 10. The van der Waals surface area contributed by atoms with Crippen LogP contribution in [0.2, 0.25) is 0 Å². The van der Waals surface area contributed by atoms with Crippen molar-refractivity contribution in [1.82, 2.24) is 0 Å². The molecular weight excluding hydrogens is 877 g/mol. The summed E-state index contributed by atoms with van der Waals surface area (Å²) in [6.45, 7) is 6.60. The van der Waals surface area contributed by atoms with E-state index in [1.165, 1.54) is 193 Å². The maximum absolute atomic E-state index is 12.9. The summed E-state index contributed by atoms with van der Waals surface area (Å²) in [6.07, 6.45) is 75.0. The van der Waals surface area contributed by atoms with Gasteiger partial charge >= 0.3 is 17.9 Å². The highest BCUT2D eigenvalue weighted by atomic mass is 16.6. The van der Waals surface area contributed by atoms with E-state index >= 15 is 0 Å². The predicted octanol–water partition coefficient (Wildman–Crippen LogP) is 20.8. The lowest BCUT2D eigenvalue weighted by molar-refractivity contribution is -0.167. The Morgan fingerprint density at radius 3 is 0.831 bits per heavy atom. The summed E-state index contributed by atoms with van der Waals surface area (Å²) >= 11 is 0. The van der Waals surface area contributed by atoms with Crippen molar-refractivity contribution >= 4 is 17.9 Å². The maximum Gasteiger partial charge on any atom is 0.306 e. The molecule has 0 saturated heterocycles. The molecule has 0 aromatic rings. The van der Waals surface area contributed by atoms with E-state index in [0.29, 0.717) is 19.3 Å². The molecule has 0 aromatic heterocycles. The fourth-order valence-electron chi connectivity index (χ4n) is 8.78. The first kappa shape index (κ1) is 68.1. The molecule has 0 rings (SSSR count). The molecule has 0 aliphatic rings. The van der Waals surface area contributed by atoms with E-state index in [1.807, 2.05) is 0 Å². The molecule has 0 spiro atoms. The van der Waals surface area contributed by atoms with Crippen molar-refractivity contribution in [3.63, 3.8) is 0 Å². The van der Waals surface area contributed by atoms with E-state index < -0.39 is 6.10 Å². The molecule has 6 nitrogen and oxygen atoms in total. The van der Waals surface area contributed by atoms with Gasteiger partial charge in [-0.1, -0.05) is 255 Å². The molecule has 0 amide bonds. The van der Waals surface area contributed by atoms with Gasteiger partial charge in [0.05, 0.1) is 0 Å². The zero-order valence-corrected chi connectivity index (χ0v) is 47.2. The van der Waals surface area contributed by atoms with Crippen LogP contribution in [0.25, 0.3) is 0 Å². The summed E-state index contributed by atoms with van der Waals surface area (Å²) in [5.74, 6) is -0.890. The number of carbonyl (C=O) groups is 3. The summed E-state index contributed by atoms with van der Waals surface area (Å²) in [5, 5.41) is 0. The Labute approximate surface area is 440 Å². The van der Waals surface area contributed by atoms with Gasteiger partial charge in [-0.15, -0.1) is 0 Å². The maximum atomic E-state index is 12.9. The molecule has 1 unspecified atom stereocenters. The summed E-state index contributed by atoms with van der Waals surface area (Å²) in [7, 11) is 0. The molecule has 0 bridgehead atoms. The van der Waals surface area contributed by atoms with Crippen molar-refractivity contribution in [2.45, 2.75) is 322 Å². The molecule has 0 aliphatic heterocycles. The van der Waals surface area contributed by atoms with Gasteiger partial charge in [0.1, 0.15) is 13.2 Å². The fourth-order valence-corrected chi connectivity index (χ4v) is 8.78. The Kier molecular flexibility index (Phi) is 57.2. The largest absolute Gasteiger partial charge is 0.462 e. The van der Waals surface area contributed by atoms with Crippen LogP contribution in [0.5, 0.6) is 0 Å². The van der Waals surface area contributed by atoms with Crippen molar-refractivity contribution in [3.8, 4) is 0 Å². The Morgan fingerprint density at radius 1 is 0.282 bits per heavy atom. The van der Waals surface area contributed by atoms with E-state index in [2.05, 4.69) is 81.5 Å². The van der Waals surface area contributed by atoms with Crippen LogP contribution in [0.3, 0.4) is 0 Å². The molecule has 0 aliphatic carbocycles. The Hall–Kier alpha value is -2.89. The first-order valence-electron chi connectivity index (χ1n) is 30.8. The van der Waals surface area contributed by atoms with Crippen molar-refractivity contribution in [1.29, 1.82) is 0 Å². The summed E-state index contributed by atoms with van der Waals surface area (Å²) in [5.41, 5.74) is 0. The Morgan fingerprint density at radius 2 is 0.521 bits per heavy atom. The molecule has 0 aromatic carbocycles. The number of esters is 3. The second-order valence-corrected chi connectivity index (χ2v) is 20.6. The first-order valence-corrected chi connectivity index (χ1v) is 30.8. The third-order valence-corrected chi connectivity index (χ3v) is 13.5. The standard InChI is InChI=1S/C65H116O6/c1-4-7-10-13-16-19-22-25-28-30-32-33-34-36-37-40-43-46-49-52-55-58-64(67)70-61-62(60-69-63(66)57-54-51-48-45-42-39-27-24-21-18-15-12-9-6-3)71-65(68)59-56-53-50-47-44-41-38-35-31-29-26-23-20-17-14-11-8-5-2/h15,18,22,24-25,27,29-32,62H,4-14,16-17,19-21,23,26,28,33-61H2,1-3H3/b18-15-,25-22-,27-24-,31-29-,32-30-. The number of hydrogen-bond acceptors (Lipinski definition) is 6. The lowest BCUT2D eigenvalue weighted by Crippen LogP contribution is -2.30. The number of unbranched alkanes of at least 4 members (excludes halogenated alkanes) is 35. The van der Waals surface area contributed by atoms with Gasteiger partial charge in [0.25, 0.3) is 0 Å². The molecule has 0 heterocycles. The quantitative estimate of drug-likeness (QED) is 0.0261. The molecule has 0 N–H and O–H groups in total. The van der Waals surface area contributed by atoms with Crippen molar-refractivity contribution in [2.75, 3.05) is 13.2 Å². The SMILES string of the molecule is CCCC/C=C\C/C=C\CCCCCCCC(=O)OCC(COC(=O)CCCCCCCCCCC/C=C\C/C=C\CCCCCCC)OC(=O)CCCCCCCCC/C=C\CCCCCCCCC. The third kappa shape index (κ3) is 57.9. The van der Waals surface area contributed by atoms with Crippen LogP contribution in [0.1, 0.15) is 316 Å². The number of carbonyl (C=O) groups excluding carboxylic acids is 3. The highest BCUT2D eigenvalue weighted by molar-refractivity contribution is 5.71. The fraction of sp³-hybridized carbons (Fsp3) is 0.800. The van der Waals surface area contributed by atoms with Gasteiger partial charge in [-0.2, -0.15) is 0 Å². The monoisotopic (exact) mass is 993 g/mol. The van der Waals surface area contributed by atoms with Crippen molar-refractivity contribution in [3.05, 3.63) is 60.8 Å². The van der Waals surface area contributed by atoms with Crippen molar-refractivity contribution in [2.24, 2.45) is 0 Å². The first-order chi connectivity index (χ1) is 35.0. The lowest BCUT2D eigenvalue weighted by atomic mass is 10.1. The molecule has 71 heavy (non-hydrogen) atoms. The normalized spacial score (nSPS) is 12.4.